The zero-order valence-electron chi connectivity index (χ0n) is 21.6. The van der Waals surface area contributed by atoms with Gasteiger partial charge in [0.1, 0.15) is 11.4 Å². The van der Waals surface area contributed by atoms with E-state index in [9.17, 15) is 9.59 Å². The zero-order valence-corrected chi connectivity index (χ0v) is 21.6. The number of morpholine rings is 1. The van der Waals surface area contributed by atoms with Crippen LogP contribution in [-0.4, -0.2) is 65.9 Å². The number of rotatable bonds is 9. The molecule has 1 aliphatic heterocycles. The molecule has 2 amide bonds. The van der Waals surface area contributed by atoms with Crippen molar-refractivity contribution in [1.29, 1.82) is 0 Å². The van der Waals surface area contributed by atoms with Crippen LogP contribution in [0.1, 0.15) is 15.9 Å². The van der Waals surface area contributed by atoms with Gasteiger partial charge in [-0.15, -0.1) is 0 Å². The third-order valence-corrected chi connectivity index (χ3v) is 6.46. The van der Waals surface area contributed by atoms with Gasteiger partial charge in [0, 0.05) is 49.1 Å². The Morgan fingerprint density at radius 1 is 0.872 bits per heavy atom. The monoisotopic (exact) mass is 521 g/mol. The maximum absolute atomic E-state index is 13.4. The second-order valence-corrected chi connectivity index (χ2v) is 9.17. The SMILES string of the molecule is O=C(NCCN1CCOCC1)C(=Cc1cn(-c2ccccc2)nc1-c1ccccc1)NC(=O)c1ccccc1. The highest BCUT2D eigenvalue weighted by Crippen LogP contribution is 2.25. The molecule has 0 atom stereocenters. The smallest absolute Gasteiger partial charge is 0.267 e. The first-order valence-corrected chi connectivity index (χ1v) is 13.0. The van der Waals surface area contributed by atoms with E-state index in [1.54, 1.807) is 35.0 Å². The average molecular weight is 522 g/mol. The van der Waals surface area contributed by atoms with E-state index in [0.717, 1.165) is 24.3 Å². The van der Waals surface area contributed by atoms with Gasteiger partial charge in [0.25, 0.3) is 11.8 Å². The Morgan fingerprint density at radius 2 is 1.51 bits per heavy atom. The number of hydrogen-bond donors (Lipinski definition) is 2. The number of carbonyl (C=O) groups excluding carboxylic acids is 2. The van der Waals surface area contributed by atoms with Crippen LogP contribution in [0.5, 0.6) is 0 Å². The summed E-state index contributed by atoms with van der Waals surface area (Å²) in [5.74, 6) is -0.721. The number of hydrogen-bond acceptors (Lipinski definition) is 5. The number of ether oxygens (including phenoxy) is 1. The predicted octanol–water partition coefficient (Wildman–Crippen LogP) is 3.76. The Labute approximate surface area is 227 Å². The lowest BCUT2D eigenvalue weighted by molar-refractivity contribution is -0.117. The van der Waals surface area contributed by atoms with Gasteiger partial charge < -0.3 is 15.4 Å². The number of nitrogens with one attached hydrogen (secondary N) is 2. The Bertz CT molecular complexity index is 1410. The first-order valence-electron chi connectivity index (χ1n) is 13.0. The molecule has 4 aromatic rings. The standard InChI is InChI=1S/C31H31N5O3/c37-30(25-12-6-2-7-13-25)33-28(31(38)32-16-17-35-18-20-39-21-19-35)22-26-23-36(27-14-8-3-9-15-27)34-29(26)24-10-4-1-5-11-24/h1-15,22-23H,16-21H2,(H,32,38)(H,33,37). The van der Waals surface area contributed by atoms with E-state index in [-0.39, 0.29) is 17.5 Å². The fourth-order valence-electron chi connectivity index (χ4n) is 4.37. The third-order valence-electron chi connectivity index (χ3n) is 6.46. The van der Waals surface area contributed by atoms with Crippen LogP contribution in [0.3, 0.4) is 0 Å². The summed E-state index contributed by atoms with van der Waals surface area (Å²) in [6.45, 7) is 4.22. The molecule has 8 heteroatoms. The van der Waals surface area contributed by atoms with Crippen molar-refractivity contribution >= 4 is 17.9 Å². The molecule has 0 saturated carbocycles. The molecular formula is C31H31N5O3. The van der Waals surface area contributed by atoms with Crippen molar-refractivity contribution in [3.63, 3.8) is 0 Å². The fraction of sp³-hybridized carbons (Fsp3) is 0.194. The topological polar surface area (TPSA) is 88.5 Å². The number of carbonyl (C=O) groups is 2. The van der Waals surface area contributed by atoms with Crippen LogP contribution in [-0.2, 0) is 9.53 Å². The van der Waals surface area contributed by atoms with E-state index in [2.05, 4.69) is 15.5 Å². The fourth-order valence-corrected chi connectivity index (χ4v) is 4.37. The van der Waals surface area contributed by atoms with Gasteiger partial charge in [-0.1, -0.05) is 66.7 Å². The molecule has 1 saturated heterocycles. The lowest BCUT2D eigenvalue weighted by Crippen LogP contribution is -2.42. The summed E-state index contributed by atoms with van der Waals surface area (Å²) in [5, 5.41) is 10.6. The zero-order chi connectivity index (χ0) is 26.9. The maximum atomic E-state index is 13.4. The quantitative estimate of drug-likeness (QED) is 0.328. The molecule has 1 fully saturated rings. The lowest BCUT2D eigenvalue weighted by atomic mass is 10.1. The number of amides is 2. The van der Waals surface area contributed by atoms with Crippen LogP contribution in [0.25, 0.3) is 23.0 Å². The molecule has 5 rings (SSSR count). The number of para-hydroxylation sites is 1. The molecule has 2 N–H and O–H groups in total. The molecule has 0 radical (unpaired) electrons. The van der Waals surface area contributed by atoms with Crippen LogP contribution in [0, 0.1) is 0 Å². The first kappa shape index (κ1) is 26.1. The summed E-state index contributed by atoms with van der Waals surface area (Å²) in [7, 11) is 0. The molecule has 0 unspecified atom stereocenters. The number of nitrogens with zero attached hydrogens (tertiary/aromatic N) is 3. The van der Waals surface area contributed by atoms with Gasteiger partial charge in [0.05, 0.1) is 18.9 Å². The van der Waals surface area contributed by atoms with Crippen molar-refractivity contribution in [2.75, 3.05) is 39.4 Å². The van der Waals surface area contributed by atoms with Crippen molar-refractivity contribution in [3.05, 3.63) is 114 Å². The van der Waals surface area contributed by atoms with Crippen LogP contribution in [0.4, 0.5) is 0 Å². The molecule has 0 aliphatic carbocycles. The molecule has 2 heterocycles. The summed E-state index contributed by atoms with van der Waals surface area (Å²) < 4.78 is 7.18. The lowest BCUT2D eigenvalue weighted by Gasteiger charge is -2.26. The summed E-state index contributed by atoms with van der Waals surface area (Å²) in [4.78, 5) is 28.7. The minimum absolute atomic E-state index is 0.149. The van der Waals surface area contributed by atoms with Gasteiger partial charge in [0.15, 0.2) is 0 Å². The van der Waals surface area contributed by atoms with Crippen molar-refractivity contribution in [2.45, 2.75) is 0 Å². The summed E-state index contributed by atoms with van der Waals surface area (Å²) in [5.41, 5.74) is 3.81. The molecule has 39 heavy (non-hydrogen) atoms. The highest BCUT2D eigenvalue weighted by atomic mass is 16.5. The van der Waals surface area contributed by atoms with Crippen LogP contribution < -0.4 is 10.6 Å². The third kappa shape index (κ3) is 6.87. The van der Waals surface area contributed by atoms with Gasteiger partial charge in [-0.2, -0.15) is 5.10 Å². The summed E-state index contributed by atoms with van der Waals surface area (Å²) in [6, 6.07) is 28.4. The van der Waals surface area contributed by atoms with E-state index >= 15 is 0 Å². The van der Waals surface area contributed by atoms with E-state index in [4.69, 9.17) is 9.84 Å². The molecule has 198 valence electrons. The average Bonchev–Trinajstić information content (AvgIpc) is 3.42. The van der Waals surface area contributed by atoms with Crippen molar-refractivity contribution in [3.8, 4) is 16.9 Å². The summed E-state index contributed by atoms with van der Waals surface area (Å²) >= 11 is 0. The number of aromatic nitrogens is 2. The van der Waals surface area contributed by atoms with Crippen LogP contribution >= 0.6 is 0 Å². The van der Waals surface area contributed by atoms with Crippen molar-refractivity contribution in [2.24, 2.45) is 0 Å². The maximum Gasteiger partial charge on any atom is 0.267 e. The molecule has 1 aromatic heterocycles. The van der Waals surface area contributed by atoms with E-state index in [0.29, 0.717) is 43.1 Å². The van der Waals surface area contributed by atoms with Crippen molar-refractivity contribution < 1.29 is 14.3 Å². The number of benzene rings is 3. The van der Waals surface area contributed by atoms with E-state index in [1.807, 2.05) is 72.9 Å². The van der Waals surface area contributed by atoms with Gasteiger partial charge in [-0.25, -0.2) is 4.68 Å². The molecule has 1 aliphatic rings. The first-order chi connectivity index (χ1) is 19.2. The highest BCUT2D eigenvalue weighted by Gasteiger charge is 2.18. The summed E-state index contributed by atoms with van der Waals surface area (Å²) in [6.07, 6.45) is 3.56. The van der Waals surface area contributed by atoms with Gasteiger partial charge in [-0.05, 0) is 30.3 Å². The molecular weight excluding hydrogens is 490 g/mol. The molecule has 3 aromatic carbocycles. The highest BCUT2D eigenvalue weighted by molar-refractivity contribution is 6.05. The van der Waals surface area contributed by atoms with Crippen LogP contribution in [0.15, 0.2) is 103 Å². The Kier molecular flexibility index (Phi) is 8.58. The van der Waals surface area contributed by atoms with Gasteiger partial charge in [-0.3, -0.25) is 14.5 Å². The molecule has 8 nitrogen and oxygen atoms in total. The van der Waals surface area contributed by atoms with Crippen LogP contribution in [0.2, 0.25) is 0 Å². The largest absolute Gasteiger partial charge is 0.379 e. The molecule has 0 bridgehead atoms. The van der Waals surface area contributed by atoms with Gasteiger partial charge >= 0.3 is 0 Å². The van der Waals surface area contributed by atoms with Gasteiger partial charge in [0.2, 0.25) is 0 Å². The second kappa shape index (κ2) is 12.8. The minimum atomic E-state index is -0.362. The Morgan fingerprint density at radius 3 is 2.21 bits per heavy atom. The second-order valence-electron chi connectivity index (χ2n) is 9.17. The Balaban J connectivity index is 1.46. The van der Waals surface area contributed by atoms with E-state index in [1.165, 1.54) is 0 Å². The van der Waals surface area contributed by atoms with E-state index < -0.39 is 0 Å². The minimum Gasteiger partial charge on any atom is -0.379 e. The van der Waals surface area contributed by atoms with Crippen molar-refractivity contribution in [1.82, 2.24) is 25.3 Å². The Hall–Kier alpha value is -4.53. The predicted molar refractivity (Wildman–Crippen MR) is 151 cm³/mol. The normalized spacial score (nSPS) is 14.1. The molecule has 0 spiro atoms.